The number of rotatable bonds is 5. The van der Waals surface area contributed by atoms with Crippen molar-refractivity contribution in [3.63, 3.8) is 0 Å². The van der Waals surface area contributed by atoms with E-state index in [9.17, 15) is 4.79 Å². The van der Waals surface area contributed by atoms with Crippen LogP contribution in [0.15, 0.2) is 12.5 Å². The monoisotopic (exact) mass is 197 g/mol. The van der Waals surface area contributed by atoms with Gasteiger partial charge in [-0.1, -0.05) is 0 Å². The number of nitrogen functional groups attached to an aromatic ring is 1. The van der Waals surface area contributed by atoms with Gasteiger partial charge in [0.1, 0.15) is 5.82 Å². The molecule has 0 spiro atoms. The van der Waals surface area contributed by atoms with Crippen molar-refractivity contribution in [1.29, 1.82) is 0 Å². The van der Waals surface area contributed by atoms with Crippen LogP contribution in [0.25, 0.3) is 0 Å². The fraction of sp³-hybridized carbons (Fsp3) is 0.556. The molecule has 0 bridgehead atoms. The summed E-state index contributed by atoms with van der Waals surface area (Å²) in [5.41, 5.74) is 5.60. The van der Waals surface area contributed by atoms with Crippen LogP contribution >= 0.6 is 0 Å². The first-order valence-electron chi connectivity index (χ1n) is 4.65. The van der Waals surface area contributed by atoms with E-state index in [1.54, 1.807) is 24.0 Å². The van der Waals surface area contributed by atoms with E-state index in [1.807, 2.05) is 0 Å². The van der Waals surface area contributed by atoms with Gasteiger partial charge in [-0.25, -0.2) is 4.98 Å². The number of carbonyl (C=O) groups is 1. The van der Waals surface area contributed by atoms with Gasteiger partial charge in [-0.2, -0.15) is 0 Å². The van der Waals surface area contributed by atoms with Crippen molar-refractivity contribution in [3.8, 4) is 0 Å². The topological polar surface area (TPSA) is 70.1 Å². The molecule has 14 heavy (non-hydrogen) atoms. The number of anilines is 1. The van der Waals surface area contributed by atoms with Crippen LogP contribution in [0.4, 0.5) is 5.82 Å². The van der Waals surface area contributed by atoms with Crippen LogP contribution in [0.2, 0.25) is 0 Å². The second-order valence-electron chi connectivity index (χ2n) is 2.92. The lowest BCUT2D eigenvalue weighted by Gasteiger charge is -2.04. The molecule has 2 N–H and O–H groups in total. The summed E-state index contributed by atoms with van der Waals surface area (Å²) in [6, 6.07) is 0. The standard InChI is InChI=1S/C9H15N3O2/c1-2-14-9(13)4-3-5-12-7-11-6-8(12)10/h6-7H,2-5,10H2,1H3. The van der Waals surface area contributed by atoms with Crippen LogP contribution in [-0.2, 0) is 16.1 Å². The van der Waals surface area contributed by atoms with Crippen molar-refractivity contribution < 1.29 is 9.53 Å². The Morgan fingerprint density at radius 2 is 2.50 bits per heavy atom. The predicted molar refractivity (Wildman–Crippen MR) is 52.5 cm³/mol. The highest BCUT2D eigenvalue weighted by molar-refractivity contribution is 5.69. The van der Waals surface area contributed by atoms with Gasteiger partial charge in [0.2, 0.25) is 0 Å². The Bertz CT molecular complexity index is 296. The van der Waals surface area contributed by atoms with Crippen LogP contribution < -0.4 is 5.73 Å². The maximum absolute atomic E-state index is 11.0. The van der Waals surface area contributed by atoms with Gasteiger partial charge in [0.05, 0.1) is 19.1 Å². The number of hydrogen-bond acceptors (Lipinski definition) is 4. The molecule has 1 rings (SSSR count). The van der Waals surface area contributed by atoms with E-state index in [-0.39, 0.29) is 5.97 Å². The van der Waals surface area contributed by atoms with E-state index in [0.29, 0.717) is 25.4 Å². The third-order valence-electron chi connectivity index (χ3n) is 1.83. The Morgan fingerprint density at radius 1 is 1.71 bits per heavy atom. The summed E-state index contributed by atoms with van der Waals surface area (Å²) >= 11 is 0. The number of hydrogen-bond donors (Lipinski definition) is 1. The summed E-state index contributed by atoms with van der Waals surface area (Å²) in [6.07, 6.45) is 4.38. The molecule has 1 aromatic heterocycles. The minimum atomic E-state index is -0.161. The summed E-state index contributed by atoms with van der Waals surface area (Å²) in [5, 5.41) is 0. The quantitative estimate of drug-likeness (QED) is 0.709. The van der Waals surface area contributed by atoms with E-state index in [1.165, 1.54) is 0 Å². The Hall–Kier alpha value is -1.52. The van der Waals surface area contributed by atoms with Gasteiger partial charge in [-0.15, -0.1) is 0 Å². The largest absolute Gasteiger partial charge is 0.466 e. The summed E-state index contributed by atoms with van der Waals surface area (Å²) in [5.74, 6) is 0.458. The van der Waals surface area contributed by atoms with Gasteiger partial charge in [0, 0.05) is 13.0 Å². The SMILES string of the molecule is CCOC(=O)CCCn1cncc1N. The Kier molecular flexibility index (Phi) is 3.97. The van der Waals surface area contributed by atoms with Crippen molar-refractivity contribution in [2.75, 3.05) is 12.3 Å². The van der Waals surface area contributed by atoms with Crippen molar-refractivity contribution in [1.82, 2.24) is 9.55 Å². The summed E-state index contributed by atoms with van der Waals surface area (Å²) < 4.78 is 6.60. The second-order valence-corrected chi connectivity index (χ2v) is 2.92. The number of carbonyl (C=O) groups excluding carboxylic acids is 1. The molecule has 0 aliphatic rings. The smallest absolute Gasteiger partial charge is 0.305 e. The molecule has 78 valence electrons. The third-order valence-corrected chi connectivity index (χ3v) is 1.83. The fourth-order valence-electron chi connectivity index (χ4n) is 1.14. The maximum Gasteiger partial charge on any atom is 0.305 e. The first-order chi connectivity index (χ1) is 6.74. The molecule has 0 saturated carbocycles. The lowest BCUT2D eigenvalue weighted by molar-refractivity contribution is -0.143. The molecule has 0 saturated heterocycles. The van der Waals surface area contributed by atoms with Gasteiger partial charge in [-0.3, -0.25) is 4.79 Å². The molecule has 0 amide bonds. The molecule has 0 fully saturated rings. The van der Waals surface area contributed by atoms with Crippen molar-refractivity contribution in [2.24, 2.45) is 0 Å². The third kappa shape index (κ3) is 3.08. The summed E-state index contributed by atoms with van der Waals surface area (Å²) in [6.45, 7) is 2.93. The average Bonchev–Trinajstić information content (AvgIpc) is 2.52. The number of aryl methyl sites for hydroxylation is 1. The zero-order chi connectivity index (χ0) is 10.4. The minimum Gasteiger partial charge on any atom is -0.466 e. The highest BCUT2D eigenvalue weighted by Crippen LogP contribution is 2.03. The summed E-state index contributed by atoms with van der Waals surface area (Å²) in [7, 11) is 0. The molecule has 5 heteroatoms. The molecular formula is C9H15N3O2. The molecule has 0 radical (unpaired) electrons. The number of aromatic nitrogens is 2. The van der Waals surface area contributed by atoms with Gasteiger partial charge in [0.15, 0.2) is 0 Å². The molecule has 0 atom stereocenters. The van der Waals surface area contributed by atoms with Crippen LogP contribution in [-0.4, -0.2) is 22.1 Å². The van der Waals surface area contributed by atoms with E-state index in [2.05, 4.69) is 4.98 Å². The second kappa shape index (κ2) is 5.26. The highest BCUT2D eigenvalue weighted by Gasteiger charge is 2.02. The van der Waals surface area contributed by atoms with Crippen molar-refractivity contribution in [2.45, 2.75) is 26.3 Å². The molecule has 0 aromatic carbocycles. The van der Waals surface area contributed by atoms with E-state index in [4.69, 9.17) is 10.5 Å². The van der Waals surface area contributed by atoms with Gasteiger partial charge < -0.3 is 15.0 Å². The lowest BCUT2D eigenvalue weighted by atomic mass is 10.3. The number of ether oxygens (including phenoxy) is 1. The summed E-state index contributed by atoms with van der Waals surface area (Å²) in [4.78, 5) is 14.9. The van der Waals surface area contributed by atoms with Crippen molar-refractivity contribution >= 4 is 11.8 Å². The van der Waals surface area contributed by atoms with Crippen LogP contribution in [0.5, 0.6) is 0 Å². The van der Waals surface area contributed by atoms with E-state index < -0.39 is 0 Å². The Labute approximate surface area is 82.9 Å². The number of esters is 1. The molecule has 5 nitrogen and oxygen atoms in total. The van der Waals surface area contributed by atoms with Crippen molar-refractivity contribution in [3.05, 3.63) is 12.5 Å². The number of imidazole rings is 1. The fourth-order valence-corrected chi connectivity index (χ4v) is 1.14. The van der Waals surface area contributed by atoms with Gasteiger partial charge >= 0.3 is 5.97 Å². The molecule has 0 unspecified atom stereocenters. The normalized spacial score (nSPS) is 10.1. The Morgan fingerprint density at radius 3 is 3.07 bits per heavy atom. The zero-order valence-electron chi connectivity index (χ0n) is 8.27. The predicted octanol–water partition coefficient (Wildman–Crippen LogP) is 0.809. The zero-order valence-corrected chi connectivity index (χ0v) is 8.27. The van der Waals surface area contributed by atoms with E-state index in [0.717, 1.165) is 6.42 Å². The molecular weight excluding hydrogens is 182 g/mol. The molecule has 0 aliphatic heterocycles. The maximum atomic E-state index is 11.0. The Balaban J connectivity index is 2.22. The lowest BCUT2D eigenvalue weighted by Crippen LogP contribution is -2.07. The van der Waals surface area contributed by atoms with Crippen LogP contribution in [0.3, 0.4) is 0 Å². The first-order valence-corrected chi connectivity index (χ1v) is 4.65. The number of nitrogens with two attached hydrogens (primary N) is 1. The number of nitrogens with zero attached hydrogens (tertiary/aromatic N) is 2. The first kappa shape index (κ1) is 10.6. The van der Waals surface area contributed by atoms with E-state index >= 15 is 0 Å². The molecule has 1 aromatic rings. The average molecular weight is 197 g/mol. The minimum absolute atomic E-state index is 0.161. The van der Waals surface area contributed by atoms with Crippen LogP contribution in [0, 0.1) is 0 Å². The molecule has 1 heterocycles. The van der Waals surface area contributed by atoms with Crippen LogP contribution in [0.1, 0.15) is 19.8 Å². The molecule has 0 aliphatic carbocycles. The van der Waals surface area contributed by atoms with Gasteiger partial charge in [0.25, 0.3) is 0 Å². The van der Waals surface area contributed by atoms with Gasteiger partial charge in [-0.05, 0) is 13.3 Å². The highest BCUT2D eigenvalue weighted by atomic mass is 16.5.